The van der Waals surface area contributed by atoms with E-state index in [0.29, 0.717) is 0 Å². The first-order chi connectivity index (χ1) is 8.29. The minimum Gasteiger partial charge on any atom is -0.493 e. The number of ether oxygens (including phenoxy) is 1. The molecule has 0 aliphatic rings. The predicted molar refractivity (Wildman–Crippen MR) is 76.8 cm³/mol. The fraction of sp³-hybridized carbons (Fsp3) is 0.571. The Kier molecular flexibility index (Phi) is 7.13. The molecule has 0 unspecified atom stereocenters. The highest BCUT2D eigenvalue weighted by molar-refractivity contribution is 7.99. The van der Waals surface area contributed by atoms with Gasteiger partial charge in [0, 0.05) is 11.6 Å². The second kappa shape index (κ2) is 8.43. The van der Waals surface area contributed by atoms with Crippen molar-refractivity contribution < 1.29 is 4.74 Å². The van der Waals surface area contributed by atoms with Crippen molar-refractivity contribution in [2.24, 2.45) is 5.73 Å². The summed E-state index contributed by atoms with van der Waals surface area (Å²) in [5, 5.41) is 0. The van der Waals surface area contributed by atoms with E-state index < -0.39 is 0 Å². The molecule has 0 spiro atoms. The van der Waals surface area contributed by atoms with Crippen LogP contribution in [0.5, 0.6) is 5.75 Å². The summed E-state index contributed by atoms with van der Waals surface area (Å²) < 4.78 is 5.81. The molecule has 17 heavy (non-hydrogen) atoms. The van der Waals surface area contributed by atoms with Crippen LogP contribution in [0.25, 0.3) is 0 Å². The van der Waals surface area contributed by atoms with Crippen LogP contribution in [0.3, 0.4) is 0 Å². The minimum atomic E-state index is 0.0798. The van der Waals surface area contributed by atoms with Gasteiger partial charge in [-0.05, 0) is 30.4 Å². The Balaban J connectivity index is 2.46. The Labute approximate surface area is 109 Å². The molecule has 2 nitrogen and oxygen atoms in total. The van der Waals surface area contributed by atoms with Crippen LogP contribution in [0.2, 0.25) is 0 Å². The van der Waals surface area contributed by atoms with Gasteiger partial charge in [0.15, 0.2) is 0 Å². The van der Waals surface area contributed by atoms with Crippen LogP contribution in [0, 0.1) is 0 Å². The summed E-state index contributed by atoms with van der Waals surface area (Å²) in [6.07, 6.45) is 2.03. The van der Waals surface area contributed by atoms with Gasteiger partial charge < -0.3 is 10.5 Å². The normalized spacial score (nSPS) is 12.4. The summed E-state index contributed by atoms with van der Waals surface area (Å²) in [4.78, 5) is 0. The van der Waals surface area contributed by atoms with Crippen molar-refractivity contribution in [1.29, 1.82) is 0 Å². The summed E-state index contributed by atoms with van der Waals surface area (Å²) in [5.41, 5.74) is 7.19. The van der Waals surface area contributed by atoms with E-state index in [4.69, 9.17) is 10.5 Å². The molecule has 0 radical (unpaired) electrons. The summed E-state index contributed by atoms with van der Waals surface area (Å²) in [6, 6.07) is 8.17. The van der Waals surface area contributed by atoms with Crippen LogP contribution < -0.4 is 10.5 Å². The zero-order chi connectivity index (χ0) is 12.5. The van der Waals surface area contributed by atoms with Crippen molar-refractivity contribution in [2.75, 3.05) is 18.1 Å². The molecule has 0 heterocycles. The van der Waals surface area contributed by atoms with E-state index in [1.807, 2.05) is 30.0 Å². The Hall–Kier alpha value is -0.670. The first-order valence-electron chi connectivity index (χ1n) is 6.34. The molecular formula is C14H23NOS. The summed E-state index contributed by atoms with van der Waals surface area (Å²) in [7, 11) is 0. The molecule has 0 aliphatic heterocycles. The van der Waals surface area contributed by atoms with E-state index in [1.165, 1.54) is 11.5 Å². The molecule has 0 aliphatic carbocycles. The quantitative estimate of drug-likeness (QED) is 0.719. The third-order valence-electron chi connectivity index (χ3n) is 2.65. The number of benzene rings is 1. The van der Waals surface area contributed by atoms with Crippen molar-refractivity contribution >= 4 is 11.8 Å². The maximum atomic E-state index is 6.06. The third-order valence-corrected chi connectivity index (χ3v) is 3.64. The molecule has 2 N–H and O–H groups in total. The third kappa shape index (κ3) is 5.00. The molecule has 1 aromatic carbocycles. The van der Waals surface area contributed by atoms with Crippen LogP contribution in [0.1, 0.15) is 38.3 Å². The minimum absolute atomic E-state index is 0.0798. The molecule has 0 bridgehead atoms. The molecule has 0 aromatic heterocycles. The van der Waals surface area contributed by atoms with Gasteiger partial charge in [0.1, 0.15) is 5.75 Å². The molecule has 1 atom stereocenters. The van der Waals surface area contributed by atoms with E-state index in [1.54, 1.807) is 0 Å². The van der Waals surface area contributed by atoms with Gasteiger partial charge in [-0.3, -0.25) is 0 Å². The Morgan fingerprint density at radius 2 is 2.06 bits per heavy atom. The summed E-state index contributed by atoms with van der Waals surface area (Å²) in [6.45, 7) is 5.06. The SMILES string of the molecule is CCSCCCOc1ccccc1[C@H](N)CC. The van der Waals surface area contributed by atoms with E-state index in [-0.39, 0.29) is 6.04 Å². The smallest absolute Gasteiger partial charge is 0.124 e. The fourth-order valence-corrected chi connectivity index (χ4v) is 2.24. The number of thioether (sulfide) groups is 1. The maximum absolute atomic E-state index is 6.06. The molecule has 1 aromatic rings. The van der Waals surface area contributed by atoms with Gasteiger partial charge in [-0.15, -0.1) is 0 Å². The number of nitrogens with two attached hydrogens (primary N) is 1. The van der Waals surface area contributed by atoms with Crippen LogP contribution in [0.15, 0.2) is 24.3 Å². The van der Waals surface area contributed by atoms with Crippen molar-refractivity contribution in [2.45, 2.75) is 32.7 Å². The van der Waals surface area contributed by atoms with Gasteiger partial charge in [-0.1, -0.05) is 32.0 Å². The Morgan fingerprint density at radius 3 is 2.76 bits per heavy atom. The van der Waals surface area contributed by atoms with E-state index in [2.05, 4.69) is 19.9 Å². The van der Waals surface area contributed by atoms with Crippen molar-refractivity contribution in [3.8, 4) is 5.75 Å². The van der Waals surface area contributed by atoms with Crippen LogP contribution >= 0.6 is 11.8 Å². The van der Waals surface area contributed by atoms with E-state index in [9.17, 15) is 0 Å². The first-order valence-corrected chi connectivity index (χ1v) is 7.50. The predicted octanol–water partition coefficient (Wildman–Crippen LogP) is 3.62. The highest BCUT2D eigenvalue weighted by Crippen LogP contribution is 2.25. The number of rotatable bonds is 8. The molecular weight excluding hydrogens is 230 g/mol. The Bertz CT molecular complexity index is 317. The van der Waals surface area contributed by atoms with Gasteiger partial charge in [-0.2, -0.15) is 11.8 Å². The van der Waals surface area contributed by atoms with Crippen molar-refractivity contribution in [1.82, 2.24) is 0 Å². The topological polar surface area (TPSA) is 35.2 Å². The van der Waals surface area contributed by atoms with Gasteiger partial charge in [0.25, 0.3) is 0 Å². The van der Waals surface area contributed by atoms with Gasteiger partial charge >= 0.3 is 0 Å². The average Bonchev–Trinajstić information content (AvgIpc) is 2.38. The molecule has 0 amide bonds. The molecule has 0 saturated heterocycles. The zero-order valence-electron chi connectivity index (χ0n) is 10.8. The fourth-order valence-electron chi connectivity index (χ4n) is 1.63. The van der Waals surface area contributed by atoms with Gasteiger partial charge in [-0.25, -0.2) is 0 Å². The average molecular weight is 253 g/mol. The highest BCUT2D eigenvalue weighted by Gasteiger charge is 2.09. The summed E-state index contributed by atoms with van der Waals surface area (Å²) in [5.74, 6) is 3.29. The monoisotopic (exact) mass is 253 g/mol. The lowest BCUT2D eigenvalue weighted by Crippen LogP contribution is -2.11. The largest absolute Gasteiger partial charge is 0.493 e. The molecule has 0 saturated carbocycles. The number of hydrogen-bond donors (Lipinski definition) is 1. The van der Waals surface area contributed by atoms with E-state index >= 15 is 0 Å². The standard InChI is InChI=1S/C14H23NOS/c1-3-13(15)12-8-5-6-9-14(12)16-10-7-11-17-4-2/h5-6,8-9,13H,3-4,7,10-11,15H2,1-2H3/t13-/m1/s1. The Morgan fingerprint density at radius 1 is 1.29 bits per heavy atom. The second-order valence-electron chi connectivity index (χ2n) is 3.95. The second-order valence-corrected chi connectivity index (χ2v) is 5.35. The van der Waals surface area contributed by atoms with Gasteiger partial charge in [0.2, 0.25) is 0 Å². The van der Waals surface area contributed by atoms with Crippen molar-refractivity contribution in [3.63, 3.8) is 0 Å². The summed E-state index contributed by atoms with van der Waals surface area (Å²) >= 11 is 1.95. The van der Waals surface area contributed by atoms with Gasteiger partial charge in [0.05, 0.1) is 6.61 Å². The maximum Gasteiger partial charge on any atom is 0.124 e. The lowest BCUT2D eigenvalue weighted by atomic mass is 10.0. The first kappa shape index (κ1) is 14.4. The molecule has 1 rings (SSSR count). The molecule has 0 fully saturated rings. The highest BCUT2D eigenvalue weighted by atomic mass is 32.2. The van der Waals surface area contributed by atoms with E-state index in [0.717, 1.165) is 30.8 Å². The van der Waals surface area contributed by atoms with Crippen LogP contribution in [-0.2, 0) is 0 Å². The lowest BCUT2D eigenvalue weighted by molar-refractivity contribution is 0.313. The molecule has 3 heteroatoms. The molecule has 96 valence electrons. The van der Waals surface area contributed by atoms with Crippen LogP contribution in [-0.4, -0.2) is 18.1 Å². The number of hydrogen-bond acceptors (Lipinski definition) is 3. The lowest BCUT2D eigenvalue weighted by Gasteiger charge is -2.15. The van der Waals surface area contributed by atoms with Crippen molar-refractivity contribution in [3.05, 3.63) is 29.8 Å². The van der Waals surface area contributed by atoms with Crippen LogP contribution in [0.4, 0.5) is 0 Å². The number of para-hydroxylation sites is 1. The zero-order valence-corrected chi connectivity index (χ0v) is 11.6.